The summed E-state index contributed by atoms with van der Waals surface area (Å²) in [7, 11) is 0. The van der Waals surface area contributed by atoms with Crippen LogP contribution >= 0.6 is 0 Å². The Labute approximate surface area is 79.6 Å². The molecule has 1 N–H and O–H groups in total. The molecule has 0 saturated heterocycles. The van der Waals surface area contributed by atoms with Gasteiger partial charge in [-0.1, -0.05) is 0 Å². The van der Waals surface area contributed by atoms with Crippen molar-refractivity contribution in [2.75, 3.05) is 0 Å². The fraction of sp³-hybridized carbons (Fsp3) is 0.100. The lowest BCUT2D eigenvalue weighted by Crippen LogP contribution is -1.88. The van der Waals surface area contributed by atoms with Crippen LogP contribution in [0.2, 0.25) is 0 Å². The number of nitrogens with one attached hydrogen (secondary N) is 1. The molecule has 4 heteroatoms. The molecule has 2 aromatic rings. The van der Waals surface area contributed by atoms with Crippen LogP contribution in [0.4, 0.5) is 8.78 Å². The van der Waals surface area contributed by atoms with Crippen molar-refractivity contribution in [1.82, 2.24) is 10.2 Å². The maximum absolute atomic E-state index is 13.3. The number of hydrogen-bond acceptors (Lipinski definition) is 1. The Morgan fingerprint density at radius 3 is 2.64 bits per heavy atom. The predicted octanol–water partition coefficient (Wildman–Crippen LogP) is 2.66. The van der Waals surface area contributed by atoms with E-state index in [9.17, 15) is 8.78 Å². The molecule has 0 aliphatic carbocycles. The van der Waals surface area contributed by atoms with E-state index in [1.54, 1.807) is 6.20 Å². The maximum atomic E-state index is 13.3. The van der Waals surface area contributed by atoms with Gasteiger partial charge in [0.1, 0.15) is 11.6 Å². The van der Waals surface area contributed by atoms with Crippen molar-refractivity contribution in [3.8, 4) is 11.3 Å². The van der Waals surface area contributed by atoms with Gasteiger partial charge in [-0.15, -0.1) is 0 Å². The third-order valence-corrected chi connectivity index (χ3v) is 2.03. The highest BCUT2D eigenvalue weighted by Gasteiger charge is 2.09. The molecule has 2 nitrogen and oxygen atoms in total. The van der Waals surface area contributed by atoms with Crippen LogP contribution in [0.15, 0.2) is 24.4 Å². The maximum Gasteiger partial charge on any atom is 0.135 e. The first-order chi connectivity index (χ1) is 6.68. The van der Waals surface area contributed by atoms with Crippen LogP contribution in [-0.4, -0.2) is 10.2 Å². The summed E-state index contributed by atoms with van der Waals surface area (Å²) >= 11 is 0. The number of aromatic amines is 1. The monoisotopic (exact) mass is 194 g/mol. The molecule has 0 aliphatic rings. The van der Waals surface area contributed by atoms with E-state index < -0.39 is 11.6 Å². The van der Waals surface area contributed by atoms with E-state index in [1.165, 1.54) is 12.1 Å². The number of benzene rings is 1. The van der Waals surface area contributed by atoms with Crippen molar-refractivity contribution in [3.63, 3.8) is 0 Å². The number of halogens is 2. The van der Waals surface area contributed by atoms with E-state index in [2.05, 4.69) is 10.2 Å². The molecule has 72 valence electrons. The molecular formula is C10H8F2N2. The summed E-state index contributed by atoms with van der Waals surface area (Å²) < 4.78 is 25.9. The predicted molar refractivity (Wildman–Crippen MR) is 48.7 cm³/mol. The highest BCUT2D eigenvalue weighted by atomic mass is 19.1. The van der Waals surface area contributed by atoms with Gasteiger partial charge in [-0.2, -0.15) is 5.10 Å². The van der Waals surface area contributed by atoms with Crippen LogP contribution in [0.5, 0.6) is 0 Å². The van der Waals surface area contributed by atoms with Crippen LogP contribution in [0.1, 0.15) is 5.56 Å². The first-order valence-corrected chi connectivity index (χ1v) is 4.14. The Kier molecular flexibility index (Phi) is 2.04. The lowest BCUT2D eigenvalue weighted by atomic mass is 10.1. The molecule has 0 aliphatic heterocycles. The molecule has 14 heavy (non-hydrogen) atoms. The first kappa shape index (κ1) is 8.87. The molecule has 0 atom stereocenters. The summed E-state index contributed by atoms with van der Waals surface area (Å²) in [5.74, 6) is -1.17. The van der Waals surface area contributed by atoms with Crippen LogP contribution in [-0.2, 0) is 0 Å². The second-order valence-corrected chi connectivity index (χ2v) is 3.05. The summed E-state index contributed by atoms with van der Waals surface area (Å²) in [5, 5.41) is 6.45. The summed E-state index contributed by atoms with van der Waals surface area (Å²) in [6.45, 7) is 1.81. The molecule has 0 unspecified atom stereocenters. The lowest BCUT2D eigenvalue weighted by Gasteiger charge is -2.01. The summed E-state index contributed by atoms with van der Waals surface area (Å²) in [5.41, 5.74) is 1.75. The Morgan fingerprint density at radius 1 is 1.29 bits per heavy atom. The SMILES string of the molecule is Cc1cn[nH]c1-c1ccc(F)cc1F. The Hall–Kier alpha value is -1.71. The number of nitrogens with zero attached hydrogens (tertiary/aromatic N) is 1. The number of H-pyrrole nitrogens is 1. The van der Waals surface area contributed by atoms with E-state index in [0.717, 1.165) is 11.6 Å². The number of aryl methyl sites for hydroxylation is 1. The van der Waals surface area contributed by atoms with Crippen molar-refractivity contribution in [1.29, 1.82) is 0 Å². The van der Waals surface area contributed by atoms with E-state index in [0.29, 0.717) is 11.3 Å². The van der Waals surface area contributed by atoms with Gasteiger partial charge in [0.15, 0.2) is 0 Å². The minimum atomic E-state index is -0.586. The van der Waals surface area contributed by atoms with Gasteiger partial charge in [0.25, 0.3) is 0 Å². The largest absolute Gasteiger partial charge is 0.277 e. The van der Waals surface area contributed by atoms with Crippen molar-refractivity contribution in [3.05, 3.63) is 41.6 Å². The third kappa shape index (κ3) is 1.39. The van der Waals surface area contributed by atoms with Crippen LogP contribution in [0.3, 0.4) is 0 Å². The molecule has 2 rings (SSSR count). The molecule has 0 spiro atoms. The highest BCUT2D eigenvalue weighted by Crippen LogP contribution is 2.23. The van der Waals surface area contributed by atoms with Crippen molar-refractivity contribution in [2.24, 2.45) is 0 Å². The van der Waals surface area contributed by atoms with Crippen LogP contribution < -0.4 is 0 Å². The van der Waals surface area contributed by atoms with Crippen LogP contribution in [0.25, 0.3) is 11.3 Å². The molecule has 0 radical (unpaired) electrons. The zero-order valence-corrected chi connectivity index (χ0v) is 7.51. The number of hydrogen-bond donors (Lipinski definition) is 1. The van der Waals surface area contributed by atoms with Crippen molar-refractivity contribution in [2.45, 2.75) is 6.92 Å². The Balaban J connectivity index is 2.58. The summed E-state index contributed by atoms with van der Waals surface area (Å²) in [4.78, 5) is 0. The van der Waals surface area contributed by atoms with Crippen molar-refractivity contribution >= 4 is 0 Å². The van der Waals surface area contributed by atoms with Gasteiger partial charge < -0.3 is 0 Å². The first-order valence-electron chi connectivity index (χ1n) is 4.14. The normalized spacial score (nSPS) is 10.5. The van der Waals surface area contributed by atoms with Gasteiger partial charge in [0.2, 0.25) is 0 Å². The average molecular weight is 194 g/mol. The average Bonchev–Trinajstić information content (AvgIpc) is 2.52. The van der Waals surface area contributed by atoms with Gasteiger partial charge in [-0.25, -0.2) is 8.78 Å². The molecule has 0 amide bonds. The zero-order chi connectivity index (χ0) is 10.1. The van der Waals surface area contributed by atoms with Gasteiger partial charge in [0, 0.05) is 11.6 Å². The van der Waals surface area contributed by atoms with Gasteiger partial charge in [-0.05, 0) is 24.6 Å². The topological polar surface area (TPSA) is 28.7 Å². The quantitative estimate of drug-likeness (QED) is 0.742. The molecule has 1 aromatic carbocycles. The lowest BCUT2D eigenvalue weighted by molar-refractivity contribution is 0.585. The van der Waals surface area contributed by atoms with Crippen molar-refractivity contribution < 1.29 is 8.78 Å². The van der Waals surface area contributed by atoms with E-state index >= 15 is 0 Å². The fourth-order valence-electron chi connectivity index (χ4n) is 1.31. The molecule has 0 saturated carbocycles. The van der Waals surface area contributed by atoms with Gasteiger partial charge in [0.05, 0.1) is 11.9 Å². The van der Waals surface area contributed by atoms with Crippen LogP contribution in [0, 0.1) is 18.6 Å². The Morgan fingerprint density at radius 2 is 2.07 bits per heavy atom. The Bertz CT molecular complexity index is 463. The van der Waals surface area contributed by atoms with E-state index in [1.807, 2.05) is 6.92 Å². The number of aromatic nitrogens is 2. The minimum Gasteiger partial charge on any atom is -0.277 e. The smallest absolute Gasteiger partial charge is 0.135 e. The van der Waals surface area contributed by atoms with E-state index in [-0.39, 0.29) is 0 Å². The summed E-state index contributed by atoms with van der Waals surface area (Å²) in [6.07, 6.45) is 1.60. The number of rotatable bonds is 1. The molecule has 0 fully saturated rings. The van der Waals surface area contributed by atoms with Gasteiger partial charge >= 0.3 is 0 Å². The minimum absolute atomic E-state index is 0.335. The molecular weight excluding hydrogens is 186 g/mol. The van der Waals surface area contributed by atoms with Gasteiger partial charge in [-0.3, -0.25) is 5.10 Å². The molecule has 1 heterocycles. The van der Waals surface area contributed by atoms with E-state index in [4.69, 9.17) is 0 Å². The zero-order valence-electron chi connectivity index (χ0n) is 7.51. The third-order valence-electron chi connectivity index (χ3n) is 2.03. The second kappa shape index (κ2) is 3.21. The second-order valence-electron chi connectivity index (χ2n) is 3.05. The summed E-state index contributed by atoms with van der Waals surface area (Å²) in [6, 6.07) is 3.47. The standard InChI is InChI=1S/C10H8F2N2/c1-6-5-13-14-10(6)8-3-2-7(11)4-9(8)12/h2-5H,1H3,(H,13,14). The fourth-order valence-corrected chi connectivity index (χ4v) is 1.31. The highest BCUT2D eigenvalue weighted by molar-refractivity contribution is 5.62. The molecule has 0 bridgehead atoms. The molecule has 1 aromatic heterocycles.